The molecule has 1 heterocycles. The average Bonchev–Trinajstić information content (AvgIpc) is 2.57. The van der Waals surface area contributed by atoms with Crippen LogP contribution < -0.4 is 4.74 Å². The molecule has 0 radical (unpaired) electrons. The highest BCUT2D eigenvalue weighted by Gasteiger charge is 2.49. The highest BCUT2D eigenvalue weighted by Crippen LogP contribution is 2.40. The van der Waals surface area contributed by atoms with E-state index in [0.717, 1.165) is 0 Å². The normalized spacial score (nSPS) is 14.0. The molecule has 0 saturated heterocycles. The van der Waals surface area contributed by atoms with Gasteiger partial charge in [0.25, 0.3) is 0 Å². The number of hydrogen-bond acceptors (Lipinski definition) is 5. The monoisotopic (exact) mass is 519 g/mol. The third-order valence-electron chi connectivity index (χ3n) is 2.80. The lowest BCUT2D eigenvalue weighted by molar-refractivity contribution is -0.435. The summed E-state index contributed by atoms with van der Waals surface area (Å²) < 4.78 is 167. The Balaban J connectivity index is 3.59. The van der Waals surface area contributed by atoms with Gasteiger partial charge in [0.2, 0.25) is 5.88 Å². The lowest BCUT2D eigenvalue weighted by Gasteiger charge is -2.34. The van der Waals surface area contributed by atoms with Gasteiger partial charge in [-0.05, 0) is 6.07 Å². The maximum absolute atomic E-state index is 12.6. The third kappa shape index (κ3) is 10.7. The standard InChI is InChI=1S/C14H10ClF12NO4/c15-7-1-8(9(28-2-7)29-3-10(16,17)18)14(30-4-11(19,20)21,31-5-12(22,23)24)32-6-13(25,26)27/h1-2H,3-6H2. The van der Waals surface area contributed by atoms with Gasteiger partial charge in [0.05, 0.1) is 5.02 Å². The van der Waals surface area contributed by atoms with Crippen molar-refractivity contribution in [3.63, 3.8) is 0 Å². The quantitative estimate of drug-likeness (QED) is 0.318. The summed E-state index contributed by atoms with van der Waals surface area (Å²) in [4.78, 5) is 3.14. The summed E-state index contributed by atoms with van der Waals surface area (Å²) in [5.41, 5.74) is -1.45. The van der Waals surface area contributed by atoms with Gasteiger partial charge in [-0.1, -0.05) is 11.6 Å². The summed E-state index contributed by atoms with van der Waals surface area (Å²) in [6.07, 6.45) is -20.6. The second kappa shape index (κ2) is 10.0. The fraction of sp³-hybridized carbons (Fsp3) is 0.643. The van der Waals surface area contributed by atoms with E-state index in [0.29, 0.717) is 12.3 Å². The van der Waals surface area contributed by atoms with Gasteiger partial charge in [-0.3, -0.25) is 0 Å². The second-order valence-corrected chi connectivity index (χ2v) is 6.11. The van der Waals surface area contributed by atoms with Crippen molar-refractivity contribution in [2.75, 3.05) is 26.4 Å². The first-order chi connectivity index (χ1) is 14.2. The Morgan fingerprint density at radius 2 is 1.03 bits per heavy atom. The molecule has 0 bridgehead atoms. The number of ether oxygens (including phenoxy) is 4. The lowest BCUT2D eigenvalue weighted by Crippen LogP contribution is -2.44. The minimum Gasteiger partial charge on any atom is -0.468 e. The summed E-state index contributed by atoms with van der Waals surface area (Å²) >= 11 is 5.51. The van der Waals surface area contributed by atoms with Crippen LogP contribution >= 0.6 is 11.6 Å². The number of alkyl halides is 12. The van der Waals surface area contributed by atoms with Crippen molar-refractivity contribution in [1.82, 2.24) is 4.98 Å². The van der Waals surface area contributed by atoms with Crippen LogP contribution in [0.25, 0.3) is 0 Å². The van der Waals surface area contributed by atoms with E-state index in [4.69, 9.17) is 11.6 Å². The molecule has 0 spiro atoms. The van der Waals surface area contributed by atoms with Crippen LogP contribution in [-0.2, 0) is 20.2 Å². The topological polar surface area (TPSA) is 49.8 Å². The number of hydrogen-bond donors (Lipinski definition) is 0. The van der Waals surface area contributed by atoms with Gasteiger partial charge >= 0.3 is 30.7 Å². The minimum atomic E-state index is -5.35. The van der Waals surface area contributed by atoms with Crippen LogP contribution in [0, 0.1) is 0 Å². The first-order valence-electron chi connectivity index (χ1n) is 7.69. The van der Waals surface area contributed by atoms with Gasteiger partial charge in [0.1, 0.15) is 25.4 Å². The molecule has 0 atom stereocenters. The van der Waals surface area contributed by atoms with Crippen molar-refractivity contribution >= 4 is 11.6 Å². The van der Waals surface area contributed by atoms with Crippen LogP contribution in [0.2, 0.25) is 5.02 Å². The summed E-state index contributed by atoms with van der Waals surface area (Å²) in [5.74, 6) is -5.45. The van der Waals surface area contributed by atoms with Gasteiger partial charge in [-0.2, -0.15) is 52.7 Å². The summed E-state index contributed by atoms with van der Waals surface area (Å²) in [6.45, 7) is -9.83. The predicted molar refractivity (Wildman–Crippen MR) is 78.5 cm³/mol. The van der Waals surface area contributed by atoms with Crippen molar-refractivity contribution in [3.05, 3.63) is 22.8 Å². The van der Waals surface area contributed by atoms with Crippen LogP contribution in [0.4, 0.5) is 52.7 Å². The van der Waals surface area contributed by atoms with E-state index in [2.05, 4.69) is 23.9 Å². The summed E-state index contributed by atoms with van der Waals surface area (Å²) in [5, 5.41) is -0.662. The molecule has 0 unspecified atom stereocenters. The zero-order chi connectivity index (χ0) is 25.0. The van der Waals surface area contributed by atoms with Gasteiger partial charge < -0.3 is 18.9 Å². The molecule has 0 fully saturated rings. The van der Waals surface area contributed by atoms with E-state index in [-0.39, 0.29) is 0 Å². The Morgan fingerprint density at radius 1 is 0.656 bits per heavy atom. The molecule has 0 N–H and O–H groups in total. The molecule has 0 aliphatic rings. The van der Waals surface area contributed by atoms with Gasteiger partial charge in [0, 0.05) is 6.20 Å². The molecule has 32 heavy (non-hydrogen) atoms. The Morgan fingerprint density at radius 3 is 1.38 bits per heavy atom. The molecular formula is C14H10ClF12NO4. The number of aromatic nitrogens is 1. The van der Waals surface area contributed by atoms with Crippen molar-refractivity contribution in [1.29, 1.82) is 0 Å². The van der Waals surface area contributed by atoms with E-state index in [1.54, 1.807) is 0 Å². The van der Waals surface area contributed by atoms with Crippen molar-refractivity contribution in [2.45, 2.75) is 30.7 Å². The second-order valence-electron chi connectivity index (χ2n) is 5.68. The summed E-state index contributed by atoms with van der Waals surface area (Å²) in [6, 6.07) is 0.309. The molecule has 1 rings (SSSR count). The first kappa shape index (κ1) is 28.3. The van der Waals surface area contributed by atoms with E-state index in [1.165, 1.54) is 0 Å². The molecule has 0 aliphatic heterocycles. The Hall–Kier alpha value is -1.72. The molecule has 186 valence electrons. The summed E-state index contributed by atoms with van der Waals surface area (Å²) in [7, 11) is 0. The minimum absolute atomic E-state index is 0.309. The van der Waals surface area contributed by atoms with Crippen LogP contribution in [0.5, 0.6) is 5.88 Å². The highest BCUT2D eigenvalue weighted by atomic mass is 35.5. The third-order valence-corrected chi connectivity index (χ3v) is 3.00. The fourth-order valence-corrected chi connectivity index (χ4v) is 1.96. The molecule has 0 aliphatic carbocycles. The highest BCUT2D eigenvalue weighted by molar-refractivity contribution is 6.30. The molecule has 1 aromatic rings. The molecule has 0 saturated carbocycles. The van der Waals surface area contributed by atoms with Crippen molar-refractivity contribution < 1.29 is 71.6 Å². The van der Waals surface area contributed by atoms with Crippen LogP contribution in [-0.4, -0.2) is 56.1 Å². The average molecular weight is 520 g/mol. The molecular weight excluding hydrogens is 510 g/mol. The predicted octanol–water partition coefficient (Wildman–Crippen LogP) is 5.52. The number of nitrogens with zero attached hydrogens (tertiary/aromatic N) is 1. The molecule has 0 amide bonds. The van der Waals surface area contributed by atoms with Gasteiger partial charge in [-0.15, -0.1) is 0 Å². The molecule has 0 aromatic carbocycles. The largest absolute Gasteiger partial charge is 0.468 e. The number of pyridine rings is 1. The maximum Gasteiger partial charge on any atom is 0.422 e. The van der Waals surface area contributed by atoms with E-state index >= 15 is 0 Å². The van der Waals surface area contributed by atoms with E-state index in [1.807, 2.05) is 0 Å². The SMILES string of the molecule is FC(F)(F)COc1ncc(Cl)cc1C(OCC(F)(F)F)(OCC(F)(F)F)OCC(F)(F)F. The fourth-order valence-electron chi connectivity index (χ4n) is 1.80. The van der Waals surface area contributed by atoms with Crippen molar-refractivity contribution in [2.24, 2.45) is 0 Å². The van der Waals surface area contributed by atoms with E-state index in [9.17, 15) is 52.7 Å². The smallest absolute Gasteiger partial charge is 0.422 e. The van der Waals surface area contributed by atoms with Crippen LogP contribution in [0.1, 0.15) is 5.56 Å². The Labute approximate surface area is 175 Å². The van der Waals surface area contributed by atoms with Gasteiger partial charge in [-0.25, -0.2) is 4.98 Å². The Kier molecular flexibility index (Phi) is 8.89. The molecule has 5 nitrogen and oxygen atoms in total. The number of rotatable bonds is 9. The molecule has 18 heteroatoms. The molecule has 1 aromatic heterocycles. The number of halogens is 13. The van der Waals surface area contributed by atoms with Crippen molar-refractivity contribution in [3.8, 4) is 5.88 Å². The Bertz CT molecular complexity index is 702. The first-order valence-corrected chi connectivity index (χ1v) is 8.07. The van der Waals surface area contributed by atoms with Gasteiger partial charge in [0.15, 0.2) is 6.61 Å². The lowest BCUT2D eigenvalue weighted by atomic mass is 10.2. The van der Waals surface area contributed by atoms with Crippen LogP contribution in [0.15, 0.2) is 12.3 Å². The zero-order valence-electron chi connectivity index (χ0n) is 15.0. The van der Waals surface area contributed by atoms with E-state index < -0.39 is 73.6 Å². The maximum atomic E-state index is 12.6. The zero-order valence-corrected chi connectivity index (χ0v) is 15.7. The van der Waals surface area contributed by atoms with Crippen LogP contribution in [0.3, 0.4) is 0 Å².